The summed E-state index contributed by atoms with van der Waals surface area (Å²) in [5.74, 6) is 5.39. The SMILES string of the molecule is COC(c1ccccc1)C(NN)c1cc(C)cc(F)c1. The number of methoxy groups -OCH3 is 1. The van der Waals surface area contributed by atoms with Crippen molar-refractivity contribution in [3.05, 3.63) is 71.0 Å². The Hall–Kier alpha value is -1.75. The smallest absolute Gasteiger partial charge is 0.123 e. The Kier molecular flexibility index (Phi) is 4.84. The molecule has 2 rings (SSSR count). The van der Waals surface area contributed by atoms with Crippen molar-refractivity contribution >= 4 is 0 Å². The van der Waals surface area contributed by atoms with Gasteiger partial charge in [0.05, 0.1) is 6.04 Å². The third kappa shape index (κ3) is 3.22. The molecule has 0 saturated heterocycles. The Morgan fingerprint density at radius 2 is 1.80 bits per heavy atom. The van der Waals surface area contributed by atoms with Crippen LogP contribution >= 0.6 is 0 Å². The van der Waals surface area contributed by atoms with Gasteiger partial charge < -0.3 is 4.74 Å². The van der Waals surface area contributed by atoms with Crippen LogP contribution in [-0.2, 0) is 4.74 Å². The molecule has 0 saturated carbocycles. The van der Waals surface area contributed by atoms with E-state index in [-0.39, 0.29) is 18.0 Å². The zero-order chi connectivity index (χ0) is 14.5. The van der Waals surface area contributed by atoms with Crippen molar-refractivity contribution in [1.29, 1.82) is 0 Å². The fraction of sp³-hybridized carbons (Fsp3) is 0.250. The minimum atomic E-state index is -0.322. The maximum absolute atomic E-state index is 13.6. The molecule has 106 valence electrons. The first-order chi connectivity index (χ1) is 9.65. The lowest BCUT2D eigenvalue weighted by molar-refractivity contribution is 0.0675. The first-order valence-corrected chi connectivity index (χ1v) is 6.46. The van der Waals surface area contributed by atoms with E-state index in [9.17, 15) is 4.39 Å². The Labute approximate surface area is 118 Å². The predicted molar refractivity (Wildman–Crippen MR) is 77.4 cm³/mol. The van der Waals surface area contributed by atoms with Crippen LogP contribution in [0.4, 0.5) is 4.39 Å². The molecule has 0 amide bonds. The van der Waals surface area contributed by atoms with Crippen LogP contribution in [0.3, 0.4) is 0 Å². The number of rotatable bonds is 5. The second kappa shape index (κ2) is 6.61. The monoisotopic (exact) mass is 274 g/mol. The topological polar surface area (TPSA) is 47.3 Å². The Bertz CT molecular complexity index is 539. The average molecular weight is 274 g/mol. The van der Waals surface area contributed by atoms with Crippen molar-refractivity contribution in [3.8, 4) is 0 Å². The van der Waals surface area contributed by atoms with Gasteiger partial charge in [-0.3, -0.25) is 5.84 Å². The van der Waals surface area contributed by atoms with Crippen LogP contribution in [-0.4, -0.2) is 7.11 Å². The molecule has 0 bridgehead atoms. The largest absolute Gasteiger partial charge is 0.375 e. The summed E-state index contributed by atoms with van der Waals surface area (Å²) in [6.45, 7) is 1.85. The normalized spacial score (nSPS) is 14.0. The van der Waals surface area contributed by atoms with Gasteiger partial charge in [0, 0.05) is 7.11 Å². The number of hydrogen-bond acceptors (Lipinski definition) is 3. The van der Waals surface area contributed by atoms with Gasteiger partial charge in [0.25, 0.3) is 0 Å². The quantitative estimate of drug-likeness (QED) is 0.651. The summed E-state index contributed by atoms with van der Waals surface area (Å²) < 4.78 is 19.1. The van der Waals surface area contributed by atoms with E-state index in [1.807, 2.05) is 43.3 Å². The molecule has 0 aliphatic rings. The minimum absolute atomic E-state index is 0.275. The van der Waals surface area contributed by atoms with E-state index in [4.69, 9.17) is 10.6 Å². The zero-order valence-electron chi connectivity index (χ0n) is 11.6. The molecule has 2 unspecified atom stereocenters. The van der Waals surface area contributed by atoms with Gasteiger partial charge in [0.2, 0.25) is 0 Å². The van der Waals surface area contributed by atoms with Gasteiger partial charge in [-0.2, -0.15) is 0 Å². The highest BCUT2D eigenvalue weighted by Gasteiger charge is 2.24. The van der Waals surface area contributed by atoms with Crippen LogP contribution in [0.1, 0.15) is 28.8 Å². The van der Waals surface area contributed by atoms with Gasteiger partial charge in [-0.1, -0.05) is 36.4 Å². The van der Waals surface area contributed by atoms with Gasteiger partial charge in [-0.25, -0.2) is 9.82 Å². The summed E-state index contributed by atoms with van der Waals surface area (Å²) in [5.41, 5.74) is 5.33. The molecular formula is C16H19FN2O. The lowest BCUT2D eigenvalue weighted by atomic mass is 9.95. The van der Waals surface area contributed by atoms with Gasteiger partial charge in [-0.05, 0) is 35.7 Å². The highest BCUT2D eigenvalue weighted by molar-refractivity contribution is 5.30. The minimum Gasteiger partial charge on any atom is -0.375 e. The molecule has 20 heavy (non-hydrogen) atoms. The standard InChI is InChI=1S/C16H19FN2O/c1-11-8-13(10-14(17)9-11)15(19-18)16(20-2)12-6-4-3-5-7-12/h3-10,15-16,19H,18H2,1-2H3. The zero-order valence-corrected chi connectivity index (χ0v) is 11.6. The number of nitrogens with two attached hydrogens (primary N) is 1. The fourth-order valence-corrected chi connectivity index (χ4v) is 2.41. The molecule has 0 fully saturated rings. The molecule has 2 aromatic carbocycles. The molecule has 0 aliphatic heterocycles. The number of aryl methyl sites for hydroxylation is 1. The Morgan fingerprint density at radius 1 is 1.10 bits per heavy atom. The van der Waals surface area contributed by atoms with Crippen LogP contribution in [0.25, 0.3) is 0 Å². The Balaban J connectivity index is 2.39. The van der Waals surface area contributed by atoms with Crippen LogP contribution in [0, 0.1) is 12.7 Å². The van der Waals surface area contributed by atoms with Crippen molar-refractivity contribution in [2.75, 3.05) is 7.11 Å². The first kappa shape index (κ1) is 14.7. The molecule has 0 radical (unpaired) electrons. The number of hydrazine groups is 1. The maximum atomic E-state index is 13.6. The van der Waals surface area contributed by atoms with E-state index >= 15 is 0 Å². The molecule has 3 nitrogen and oxygen atoms in total. The van der Waals surface area contributed by atoms with Crippen molar-refractivity contribution < 1.29 is 9.13 Å². The first-order valence-electron chi connectivity index (χ1n) is 6.46. The summed E-state index contributed by atoms with van der Waals surface area (Å²) in [6, 6.07) is 14.3. The van der Waals surface area contributed by atoms with Crippen LogP contribution in [0.15, 0.2) is 48.5 Å². The number of benzene rings is 2. The highest BCUT2D eigenvalue weighted by atomic mass is 19.1. The summed E-state index contributed by atoms with van der Waals surface area (Å²) in [5, 5.41) is 0. The predicted octanol–water partition coefficient (Wildman–Crippen LogP) is 3.03. The van der Waals surface area contributed by atoms with E-state index < -0.39 is 0 Å². The number of hydrogen-bond donors (Lipinski definition) is 2. The highest BCUT2D eigenvalue weighted by Crippen LogP contribution is 2.31. The second-order valence-electron chi connectivity index (χ2n) is 4.77. The summed E-state index contributed by atoms with van der Waals surface area (Å²) in [4.78, 5) is 0. The van der Waals surface area contributed by atoms with E-state index in [1.165, 1.54) is 12.1 Å². The van der Waals surface area contributed by atoms with Gasteiger partial charge in [0.1, 0.15) is 11.9 Å². The van der Waals surface area contributed by atoms with E-state index in [2.05, 4.69) is 5.43 Å². The van der Waals surface area contributed by atoms with Crippen LogP contribution in [0.5, 0.6) is 0 Å². The lowest BCUT2D eigenvalue weighted by Crippen LogP contribution is -2.33. The number of halogens is 1. The van der Waals surface area contributed by atoms with Crippen molar-refractivity contribution in [1.82, 2.24) is 5.43 Å². The number of ether oxygens (including phenoxy) is 1. The third-order valence-electron chi connectivity index (χ3n) is 3.29. The van der Waals surface area contributed by atoms with Gasteiger partial charge in [-0.15, -0.1) is 0 Å². The summed E-state index contributed by atoms with van der Waals surface area (Å²) >= 11 is 0. The van der Waals surface area contributed by atoms with Crippen LogP contribution < -0.4 is 11.3 Å². The van der Waals surface area contributed by atoms with Crippen molar-refractivity contribution in [3.63, 3.8) is 0 Å². The van der Waals surface area contributed by atoms with Crippen molar-refractivity contribution in [2.45, 2.75) is 19.1 Å². The molecular weight excluding hydrogens is 255 g/mol. The Morgan fingerprint density at radius 3 is 2.35 bits per heavy atom. The van der Waals surface area contributed by atoms with E-state index in [1.54, 1.807) is 7.11 Å². The molecule has 4 heteroatoms. The van der Waals surface area contributed by atoms with E-state index in [0.29, 0.717) is 0 Å². The molecule has 3 N–H and O–H groups in total. The molecule has 0 spiro atoms. The van der Waals surface area contributed by atoms with E-state index in [0.717, 1.165) is 16.7 Å². The molecule has 0 aliphatic carbocycles. The molecule has 0 aromatic heterocycles. The van der Waals surface area contributed by atoms with Crippen LogP contribution in [0.2, 0.25) is 0 Å². The van der Waals surface area contributed by atoms with Gasteiger partial charge >= 0.3 is 0 Å². The summed E-state index contributed by atoms with van der Waals surface area (Å²) in [6.07, 6.45) is -0.289. The molecule has 0 heterocycles. The maximum Gasteiger partial charge on any atom is 0.123 e. The average Bonchev–Trinajstić information content (AvgIpc) is 2.44. The molecule has 2 atom stereocenters. The van der Waals surface area contributed by atoms with Gasteiger partial charge in [0.15, 0.2) is 0 Å². The number of nitrogens with one attached hydrogen (secondary N) is 1. The van der Waals surface area contributed by atoms with Crippen molar-refractivity contribution in [2.24, 2.45) is 5.84 Å². The molecule has 2 aromatic rings. The second-order valence-corrected chi connectivity index (χ2v) is 4.77. The third-order valence-corrected chi connectivity index (χ3v) is 3.29. The lowest BCUT2D eigenvalue weighted by Gasteiger charge is -2.26. The fourth-order valence-electron chi connectivity index (χ4n) is 2.41. The summed E-state index contributed by atoms with van der Waals surface area (Å²) in [7, 11) is 1.62.